The Hall–Kier alpha value is -2.62. The molecule has 0 spiro atoms. The van der Waals surface area contributed by atoms with E-state index in [0.717, 1.165) is 24.3 Å². The molecule has 3 heterocycles. The van der Waals surface area contributed by atoms with Gasteiger partial charge in [-0.15, -0.1) is 0 Å². The minimum atomic E-state index is -4.41. The average Bonchev–Trinajstić information content (AvgIpc) is 3.23. The second-order valence-electron chi connectivity index (χ2n) is 6.56. The van der Waals surface area contributed by atoms with Crippen LogP contribution in [0.25, 0.3) is 0 Å². The summed E-state index contributed by atoms with van der Waals surface area (Å²) in [5, 5.41) is 3.20. The summed E-state index contributed by atoms with van der Waals surface area (Å²) < 4.78 is 42.8. The third-order valence-electron chi connectivity index (χ3n) is 4.62. The van der Waals surface area contributed by atoms with E-state index >= 15 is 0 Å². The van der Waals surface area contributed by atoms with Gasteiger partial charge in [0.15, 0.2) is 0 Å². The van der Waals surface area contributed by atoms with Crippen LogP contribution in [0.5, 0.6) is 0 Å². The Morgan fingerprint density at radius 2 is 2.15 bits per heavy atom. The van der Waals surface area contributed by atoms with E-state index in [-0.39, 0.29) is 24.2 Å². The molecule has 3 rings (SSSR count). The number of alkyl halides is 3. The molecule has 146 valence electrons. The van der Waals surface area contributed by atoms with Crippen molar-refractivity contribution in [3.8, 4) is 0 Å². The number of primary amides is 1. The molecule has 2 aromatic heterocycles. The van der Waals surface area contributed by atoms with E-state index in [1.807, 2.05) is 11.8 Å². The second kappa shape index (κ2) is 7.18. The van der Waals surface area contributed by atoms with Crippen molar-refractivity contribution in [2.45, 2.75) is 39.0 Å². The maximum atomic E-state index is 12.6. The molecular weight excluding hydrogens is 363 g/mol. The molecule has 1 atom stereocenters. The highest BCUT2D eigenvalue weighted by Crippen LogP contribution is 2.30. The summed E-state index contributed by atoms with van der Waals surface area (Å²) in [7, 11) is 0. The Balaban J connectivity index is 1.64. The summed E-state index contributed by atoms with van der Waals surface area (Å²) in [4.78, 5) is 21.8. The van der Waals surface area contributed by atoms with E-state index in [0.29, 0.717) is 24.6 Å². The molecule has 10 heteroatoms. The Bertz CT molecular complexity index is 850. The van der Waals surface area contributed by atoms with Crippen molar-refractivity contribution >= 4 is 11.7 Å². The van der Waals surface area contributed by atoms with Crippen LogP contribution in [0.3, 0.4) is 0 Å². The van der Waals surface area contributed by atoms with Gasteiger partial charge in [-0.25, -0.2) is 9.97 Å². The SMILES string of the molecule is Cc1nc(C(N)=O)nc(N2CC[C@@H](NCc3cc(C(F)(F)F)co3)C2)c1C. The molecule has 27 heavy (non-hydrogen) atoms. The van der Waals surface area contributed by atoms with Gasteiger partial charge in [0.2, 0.25) is 5.82 Å². The maximum Gasteiger partial charge on any atom is 0.419 e. The van der Waals surface area contributed by atoms with Gasteiger partial charge in [0.25, 0.3) is 5.91 Å². The Labute approximate surface area is 153 Å². The van der Waals surface area contributed by atoms with Gasteiger partial charge in [-0.05, 0) is 26.3 Å². The molecule has 0 aliphatic carbocycles. The highest BCUT2D eigenvalue weighted by molar-refractivity contribution is 5.89. The number of hydrogen-bond donors (Lipinski definition) is 2. The van der Waals surface area contributed by atoms with Gasteiger partial charge in [-0.1, -0.05) is 0 Å². The van der Waals surface area contributed by atoms with Gasteiger partial charge in [-0.2, -0.15) is 13.2 Å². The highest BCUT2D eigenvalue weighted by Gasteiger charge is 2.33. The third-order valence-corrected chi connectivity index (χ3v) is 4.62. The summed E-state index contributed by atoms with van der Waals surface area (Å²) in [5.74, 6) is 0.162. The van der Waals surface area contributed by atoms with Crippen LogP contribution in [0.1, 0.15) is 39.6 Å². The largest absolute Gasteiger partial charge is 0.467 e. The lowest BCUT2D eigenvalue weighted by Gasteiger charge is -2.21. The summed E-state index contributed by atoms with van der Waals surface area (Å²) in [6.45, 7) is 5.15. The van der Waals surface area contributed by atoms with Crippen LogP contribution in [-0.4, -0.2) is 35.0 Å². The minimum absolute atomic E-state index is 0.0280. The van der Waals surface area contributed by atoms with Crippen LogP contribution in [0.15, 0.2) is 16.7 Å². The van der Waals surface area contributed by atoms with E-state index in [1.165, 1.54) is 0 Å². The first kappa shape index (κ1) is 19.2. The number of anilines is 1. The van der Waals surface area contributed by atoms with Crippen LogP contribution in [0, 0.1) is 13.8 Å². The Kier molecular flexibility index (Phi) is 5.09. The molecule has 0 saturated carbocycles. The number of halogens is 3. The number of aromatic nitrogens is 2. The quantitative estimate of drug-likeness (QED) is 0.821. The normalized spacial score (nSPS) is 17.5. The lowest BCUT2D eigenvalue weighted by molar-refractivity contribution is -0.137. The number of nitrogens with zero attached hydrogens (tertiary/aromatic N) is 3. The number of hydrogen-bond acceptors (Lipinski definition) is 6. The maximum absolute atomic E-state index is 12.6. The fourth-order valence-corrected chi connectivity index (χ4v) is 3.02. The molecule has 7 nitrogen and oxygen atoms in total. The Morgan fingerprint density at radius 1 is 1.41 bits per heavy atom. The molecule has 1 aliphatic heterocycles. The predicted molar refractivity (Wildman–Crippen MR) is 91.2 cm³/mol. The molecule has 2 aromatic rings. The lowest BCUT2D eigenvalue weighted by atomic mass is 10.2. The van der Waals surface area contributed by atoms with E-state index < -0.39 is 17.6 Å². The van der Waals surface area contributed by atoms with Crippen LogP contribution in [0.4, 0.5) is 19.0 Å². The van der Waals surface area contributed by atoms with Gasteiger partial charge in [0.1, 0.15) is 17.8 Å². The molecule has 1 saturated heterocycles. The van der Waals surface area contributed by atoms with E-state index in [4.69, 9.17) is 10.2 Å². The van der Waals surface area contributed by atoms with E-state index in [9.17, 15) is 18.0 Å². The zero-order chi connectivity index (χ0) is 19.8. The number of carbonyl (C=O) groups excluding carboxylic acids is 1. The van der Waals surface area contributed by atoms with Crippen molar-refractivity contribution in [2.24, 2.45) is 5.73 Å². The van der Waals surface area contributed by atoms with Crippen LogP contribution in [0.2, 0.25) is 0 Å². The number of aryl methyl sites for hydroxylation is 1. The molecule has 1 aliphatic rings. The van der Waals surface area contributed by atoms with Crippen LogP contribution >= 0.6 is 0 Å². The zero-order valence-electron chi connectivity index (χ0n) is 14.9. The summed E-state index contributed by atoms with van der Waals surface area (Å²) in [5.41, 5.74) is 6.04. The number of nitrogens with two attached hydrogens (primary N) is 1. The van der Waals surface area contributed by atoms with Crippen LogP contribution in [-0.2, 0) is 12.7 Å². The molecule has 0 aromatic carbocycles. The zero-order valence-corrected chi connectivity index (χ0v) is 14.9. The van der Waals surface area contributed by atoms with E-state index in [1.54, 1.807) is 6.92 Å². The van der Waals surface area contributed by atoms with Crippen molar-refractivity contribution in [2.75, 3.05) is 18.0 Å². The molecule has 1 fully saturated rings. The molecule has 0 unspecified atom stereocenters. The first-order chi connectivity index (χ1) is 12.6. The smallest absolute Gasteiger partial charge is 0.419 e. The van der Waals surface area contributed by atoms with Gasteiger partial charge >= 0.3 is 6.18 Å². The number of rotatable bonds is 5. The lowest BCUT2D eigenvalue weighted by Crippen LogP contribution is -2.33. The van der Waals surface area contributed by atoms with Crippen molar-refractivity contribution in [1.82, 2.24) is 15.3 Å². The number of carbonyl (C=O) groups is 1. The minimum Gasteiger partial charge on any atom is -0.467 e. The standard InChI is InChI=1S/C17H20F3N5O2/c1-9-10(2)23-15(14(21)26)24-16(9)25-4-3-12(7-25)22-6-13-5-11(8-27-13)17(18,19)20/h5,8,12,22H,3-4,6-7H2,1-2H3,(H2,21,26)/t12-/m1/s1. The summed E-state index contributed by atoms with van der Waals surface area (Å²) in [6.07, 6.45) is -2.91. The number of amides is 1. The topological polar surface area (TPSA) is 97.3 Å². The third kappa shape index (κ3) is 4.21. The molecule has 0 radical (unpaired) electrons. The molecule has 0 bridgehead atoms. The fourth-order valence-electron chi connectivity index (χ4n) is 3.02. The number of furan rings is 1. The first-order valence-electron chi connectivity index (χ1n) is 8.43. The van der Waals surface area contributed by atoms with Crippen molar-refractivity contribution in [3.05, 3.63) is 40.7 Å². The average molecular weight is 383 g/mol. The van der Waals surface area contributed by atoms with Crippen molar-refractivity contribution in [3.63, 3.8) is 0 Å². The van der Waals surface area contributed by atoms with Crippen LogP contribution < -0.4 is 16.0 Å². The number of nitrogens with one attached hydrogen (secondary N) is 1. The second-order valence-corrected chi connectivity index (χ2v) is 6.56. The fraction of sp³-hybridized carbons (Fsp3) is 0.471. The predicted octanol–water partition coefficient (Wildman–Crippen LogP) is 2.17. The van der Waals surface area contributed by atoms with Crippen molar-refractivity contribution < 1.29 is 22.4 Å². The molecule has 1 amide bonds. The summed E-state index contributed by atoms with van der Waals surface area (Å²) in [6, 6.07) is 1.05. The van der Waals surface area contributed by atoms with Crippen molar-refractivity contribution in [1.29, 1.82) is 0 Å². The monoisotopic (exact) mass is 383 g/mol. The summed E-state index contributed by atoms with van der Waals surface area (Å²) >= 11 is 0. The van der Waals surface area contributed by atoms with Gasteiger partial charge in [0, 0.05) is 30.4 Å². The van der Waals surface area contributed by atoms with Gasteiger partial charge < -0.3 is 20.4 Å². The highest BCUT2D eigenvalue weighted by atomic mass is 19.4. The molecular formula is C17H20F3N5O2. The molecule has 3 N–H and O–H groups in total. The Morgan fingerprint density at radius 3 is 2.78 bits per heavy atom. The van der Waals surface area contributed by atoms with Gasteiger partial charge in [-0.3, -0.25) is 4.79 Å². The van der Waals surface area contributed by atoms with E-state index in [2.05, 4.69) is 15.3 Å². The first-order valence-corrected chi connectivity index (χ1v) is 8.43. The van der Waals surface area contributed by atoms with Gasteiger partial charge in [0.05, 0.1) is 12.1 Å².